The van der Waals surface area contributed by atoms with Crippen molar-refractivity contribution in [2.75, 3.05) is 11.4 Å². The Morgan fingerprint density at radius 1 is 1.10 bits per heavy atom. The Kier molecular flexibility index (Phi) is 3.73. The molecule has 3 nitrogen and oxygen atoms in total. The van der Waals surface area contributed by atoms with Crippen LogP contribution in [-0.2, 0) is 11.2 Å². The predicted octanol–water partition coefficient (Wildman–Crippen LogP) is 3.68. The molecular formula is C18H18N2O. The van der Waals surface area contributed by atoms with E-state index < -0.39 is 0 Å². The van der Waals surface area contributed by atoms with Gasteiger partial charge in [-0.2, -0.15) is 0 Å². The zero-order chi connectivity index (χ0) is 14.7. The molecule has 0 unspecified atom stereocenters. The summed E-state index contributed by atoms with van der Waals surface area (Å²) < 4.78 is 0. The molecule has 1 amide bonds. The number of hydrogen-bond acceptors (Lipinski definition) is 1. The van der Waals surface area contributed by atoms with E-state index >= 15 is 0 Å². The van der Waals surface area contributed by atoms with Crippen LogP contribution in [0.1, 0.15) is 11.1 Å². The summed E-state index contributed by atoms with van der Waals surface area (Å²) in [6, 6.07) is 16.2. The van der Waals surface area contributed by atoms with Crippen molar-refractivity contribution in [3.63, 3.8) is 0 Å². The number of nitrogens with zero attached hydrogens (tertiary/aromatic N) is 1. The van der Waals surface area contributed by atoms with E-state index in [1.54, 1.807) is 4.90 Å². The number of carbonyl (C=O) groups excluding carboxylic acids is 1. The van der Waals surface area contributed by atoms with Gasteiger partial charge in [0.05, 0.1) is 0 Å². The third kappa shape index (κ3) is 2.68. The summed E-state index contributed by atoms with van der Waals surface area (Å²) in [5.41, 5.74) is 4.47. The van der Waals surface area contributed by atoms with Crippen molar-refractivity contribution in [2.45, 2.75) is 13.3 Å². The van der Waals surface area contributed by atoms with Crippen LogP contribution in [-0.4, -0.2) is 17.9 Å². The van der Waals surface area contributed by atoms with Crippen LogP contribution in [0.15, 0.2) is 54.7 Å². The molecule has 2 aromatic carbocycles. The minimum absolute atomic E-state index is 0.677. The fourth-order valence-corrected chi connectivity index (χ4v) is 2.69. The van der Waals surface area contributed by atoms with Gasteiger partial charge in [0.25, 0.3) is 0 Å². The summed E-state index contributed by atoms with van der Waals surface area (Å²) >= 11 is 0. The molecule has 21 heavy (non-hydrogen) atoms. The Morgan fingerprint density at radius 2 is 1.86 bits per heavy atom. The Balaban J connectivity index is 1.80. The molecule has 1 aromatic heterocycles. The van der Waals surface area contributed by atoms with Crippen LogP contribution >= 0.6 is 0 Å². The monoisotopic (exact) mass is 278 g/mol. The van der Waals surface area contributed by atoms with Gasteiger partial charge in [0.2, 0.25) is 6.41 Å². The molecule has 3 aromatic rings. The molecule has 0 bridgehead atoms. The molecule has 0 aliphatic rings. The minimum atomic E-state index is 0.677. The van der Waals surface area contributed by atoms with E-state index in [1.165, 1.54) is 10.9 Å². The first-order valence-corrected chi connectivity index (χ1v) is 7.12. The van der Waals surface area contributed by atoms with Crippen molar-refractivity contribution in [1.29, 1.82) is 0 Å². The number of benzene rings is 2. The van der Waals surface area contributed by atoms with Crippen LogP contribution in [0, 0.1) is 6.92 Å². The molecule has 0 aliphatic carbocycles. The number of amides is 1. The van der Waals surface area contributed by atoms with E-state index in [0.29, 0.717) is 6.54 Å². The van der Waals surface area contributed by atoms with Crippen molar-refractivity contribution in [3.8, 4) is 0 Å². The third-order valence-corrected chi connectivity index (χ3v) is 3.85. The molecule has 0 fully saturated rings. The number of rotatable bonds is 5. The maximum Gasteiger partial charge on any atom is 0.214 e. The van der Waals surface area contributed by atoms with Gasteiger partial charge in [-0.05, 0) is 36.6 Å². The van der Waals surface area contributed by atoms with Crippen LogP contribution in [0.3, 0.4) is 0 Å². The molecule has 0 radical (unpaired) electrons. The van der Waals surface area contributed by atoms with Crippen molar-refractivity contribution >= 4 is 23.0 Å². The highest BCUT2D eigenvalue weighted by Gasteiger charge is 2.09. The molecular weight excluding hydrogens is 260 g/mol. The number of carbonyl (C=O) groups is 1. The first-order valence-electron chi connectivity index (χ1n) is 7.12. The van der Waals surface area contributed by atoms with Crippen LogP contribution in [0.5, 0.6) is 0 Å². The van der Waals surface area contributed by atoms with Gasteiger partial charge in [0.15, 0.2) is 0 Å². The van der Waals surface area contributed by atoms with E-state index in [9.17, 15) is 4.79 Å². The van der Waals surface area contributed by atoms with Crippen LogP contribution in [0.2, 0.25) is 0 Å². The van der Waals surface area contributed by atoms with Gasteiger partial charge in [-0.15, -0.1) is 0 Å². The first kappa shape index (κ1) is 13.4. The quantitative estimate of drug-likeness (QED) is 0.710. The molecule has 0 atom stereocenters. The van der Waals surface area contributed by atoms with Crippen molar-refractivity contribution in [2.24, 2.45) is 0 Å². The second-order valence-electron chi connectivity index (χ2n) is 5.19. The number of fused-ring (bicyclic) bond motifs is 1. The zero-order valence-corrected chi connectivity index (χ0v) is 12.0. The molecule has 0 spiro atoms. The van der Waals surface area contributed by atoms with E-state index in [4.69, 9.17) is 0 Å². The molecule has 0 saturated carbocycles. The maximum atomic E-state index is 11.4. The van der Waals surface area contributed by atoms with Gasteiger partial charge in [0, 0.05) is 29.3 Å². The summed E-state index contributed by atoms with van der Waals surface area (Å²) in [4.78, 5) is 16.4. The average Bonchev–Trinajstić information content (AvgIpc) is 2.93. The van der Waals surface area contributed by atoms with Crippen molar-refractivity contribution in [1.82, 2.24) is 4.98 Å². The normalized spacial score (nSPS) is 10.7. The van der Waals surface area contributed by atoms with Gasteiger partial charge in [0.1, 0.15) is 0 Å². The highest BCUT2D eigenvalue weighted by molar-refractivity contribution is 5.83. The molecule has 0 aliphatic heterocycles. The molecule has 106 valence electrons. The van der Waals surface area contributed by atoms with Gasteiger partial charge in [-0.1, -0.05) is 36.4 Å². The number of para-hydroxylation sites is 2. The number of aromatic nitrogens is 1. The van der Waals surface area contributed by atoms with Gasteiger partial charge < -0.3 is 9.88 Å². The Bertz CT molecular complexity index is 761. The minimum Gasteiger partial charge on any atom is -0.361 e. The summed E-state index contributed by atoms with van der Waals surface area (Å²) in [7, 11) is 0. The molecule has 3 heteroatoms. The Morgan fingerprint density at radius 3 is 2.67 bits per heavy atom. The van der Waals surface area contributed by atoms with E-state index in [-0.39, 0.29) is 0 Å². The van der Waals surface area contributed by atoms with Crippen molar-refractivity contribution < 1.29 is 4.79 Å². The van der Waals surface area contributed by atoms with Gasteiger partial charge in [-0.3, -0.25) is 4.79 Å². The standard InChI is InChI=1S/C18H18N2O/c1-14-6-2-5-9-18(14)20(13-21)11-10-15-12-19-17-8-4-3-7-16(15)17/h2-9,12-13,19H,10-11H2,1H3. The lowest BCUT2D eigenvalue weighted by molar-refractivity contribution is -0.107. The van der Waals surface area contributed by atoms with Gasteiger partial charge >= 0.3 is 0 Å². The average molecular weight is 278 g/mol. The van der Waals surface area contributed by atoms with Crippen molar-refractivity contribution in [3.05, 3.63) is 65.9 Å². The summed E-state index contributed by atoms with van der Waals surface area (Å²) in [6.07, 6.45) is 3.78. The fourth-order valence-electron chi connectivity index (χ4n) is 2.69. The van der Waals surface area contributed by atoms with Crippen LogP contribution < -0.4 is 4.90 Å². The van der Waals surface area contributed by atoms with Crippen LogP contribution in [0.25, 0.3) is 10.9 Å². The highest BCUT2D eigenvalue weighted by atomic mass is 16.1. The number of anilines is 1. The summed E-state index contributed by atoms with van der Waals surface area (Å²) in [5.74, 6) is 0. The largest absolute Gasteiger partial charge is 0.361 e. The second kappa shape index (κ2) is 5.83. The summed E-state index contributed by atoms with van der Waals surface area (Å²) in [6.45, 7) is 2.70. The Hall–Kier alpha value is -2.55. The predicted molar refractivity (Wildman–Crippen MR) is 86.6 cm³/mol. The number of aryl methyl sites for hydroxylation is 1. The number of H-pyrrole nitrogens is 1. The number of hydrogen-bond donors (Lipinski definition) is 1. The third-order valence-electron chi connectivity index (χ3n) is 3.85. The summed E-state index contributed by atoms with van der Waals surface area (Å²) in [5, 5.41) is 1.23. The number of aromatic amines is 1. The fraction of sp³-hybridized carbons (Fsp3) is 0.167. The maximum absolute atomic E-state index is 11.4. The highest BCUT2D eigenvalue weighted by Crippen LogP contribution is 2.21. The SMILES string of the molecule is Cc1ccccc1N(C=O)CCc1c[nH]c2ccccc12. The lowest BCUT2D eigenvalue weighted by atomic mass is 10.1. The lowest BCUT2D eigenvalue weighted by Crippen LogP contribution is -2.24. The Labute approximate surface area is 124 Å². The van der Waals surface area contributed by atoms with Crippen LogP contribution in [0.4, 0.5) is 5.69 Å². The van der Waals surface area contributed by atoms with Gasteiger partial charge in [-0.25, -0.2) is 0 Å². The molecule has 0 saturated heterocycles. The topological polar surface area (TPSA) is 36.1 Å². The zero-order valence-electron chi connectivity index (χ0n) is 12.0. The van der Waals surface area contributed by atoms with E-state index in [2.05, 4.69) is 17.1 Å². The first-order chi connectivity index (χ1) is 10.3. The molecule has 3 rings (SSSR count). The second-order valence-corrected chi connectivity index (χ2v) is 5.19. The van der Waals surface area contributed by atoms with E-state index in [1.807, 2.05) is 49.5 Å². The number of nitrogens with one attached hydrogen (secondary N) is 1. The molecule has 1 N–H and O–H groups in total. The lowest BCUT2D eigenvalue weighted by Gasteiger charge is -2.19. The smallest absolute Gasteiger partial charge is 0.214 e. The molecule has 1 heterocycles. The van der Waals surface area contributed by atoms with E-state index in [0.717, 1.165) is 29.6 Å².